The summed E-state index contributed by atoms with van der Waals surface area (Å²) in [5, 5.41) is 0. The van der Waals surface area contributed by atoms with Crippen molar-refractivity contribution in [1.82, 2.24) is 0 Å². The number of thiocarbonyl (C=S) groups is 1. The number of primary amides is 1. The van der Waals surface area contributed by atoms with Crippen LogP contribution in [0.2, 0.25) is 0 Å². The van der Waals surface area contributed by atoms with Crippen molar-refractivity contribution in [3.05, 3.63) is 0 Å². The highest BCUT2D eigenvalue weighted by Crippen LogP contribution is 2.35. The van der Waals surface area contributed by atoms with E-state index in [1.165, 1.54) is 0 Å². The van der Waals surface area contributed by atoms with Crippen molar-refractivity contribution >= 4 is 23.1 Å². The molecular formula is C9H16N2OS. The molecule has 1 rings (SSSR count). The Morgan fingerprint density at radius 1 is 1.08 bits per heavy atom. The molecule has 0 spiro atoms. The van der Waals surface area contributed by atoms with Gasteiger partial charge in [-0.25, -0.2) is 0 Å². The summed E-state index contributed by atoms with van der Waals surface area (Å²) in [7, 11) is 0. The van der Waals surface area contributed by atoms with Crippen LogP contribution in [0.5, 0.6) is 0 Å². The van der Waals surface area contributed by atoms with Crippen molar-refractivity contribution in [1.29, 1.82) is 0 Å². The van der Waals surface area contributed by atoms with Crippen LogP contribution in [0.25, 0.3) is 0 Å². The first kappa shape index (κ1) is 10.4. The van der Waals surface area contributed by atoms with E-state index in [0.29, 0.717) is 0 Å². The van der Waals surface area contributed by atoms with Gasteiger partial charge in [-0.1, -0.05) is 37.9 Å². The van der Waals surface area contributed by atoms with Gasteiger partial charge in [0.1, 0.15) is 0 Å². The Kier molecular flexibility index (Phi) is 3.25. The number of carbonyl (C=O) groups excluding carboxylic acids is 1. The predicted molar refractivity (Wildman–Crippen MR) is 56.1 cm³/mol. The van der Waals surface area contributed by atoms with Crippen LogP contribution in [0.3, 0.4) is 0 Å². The van der Waals surface area contributed by atoms with Gasteiger partial charge in [-0.3, -0.25) is 4.79 Å². The fourth-order valence-corrected chi connectivity index (χ4v) is 2.25. The molecule has 4 heteroatoms. The maximum Gasteiger partial charge on any atom is 0.230 e. The Bertz CT molecular complexity index is 204. The molecule has 0 aromatic rings. The van der Waals surface area contributed by atoms with Gasteiger partial charge < -0.3 is 11.5 Å². The second-order valence-corrected chi connectivity index (χ2v) is 4.16. The average molecular weight is 200 g/mol. The van der Waals surface area contributed by atoms with Gasteiger partial charge in [-0.2, -0.15) is 0 Å². The lowest BCUT2D eigenvalue weighted by Crippen LogP contribution is -2.46. The van der Waals surface area contributed by atoms with E-state index in [-0.39, 0.29) is 10.9 Å². The summed E-state index contributed by atoms with van der Waals surface area (Å²) < 4.78 is 0. The third-order valence-electron chi connectivity index (χ3n) is 2.90. The zero-order chi connectivity index (χ0) is 9.90. The number of rotatable bonds is 2. The van der Waals surface area contributed by atoms with Crippen LogP contribution in [0.4, 0.5) is 0 Å². The van der Waals surface area contributed by atoms with E-state index in [2.05, 4.69) is 0 Å². The van der Waals surface area contributed by atoms with Crippen LogP contribution in [-0.4, -0.2) is 10.9 Å². The molecule has 4 N–H and O–H groups in total. The van der Waals surface area contributed by atoms with E-state index in [1.807, 2.05) is 0 Å². The Balaban J connectivity index is 2.86. The van der Waals surface area contributed by atoms with Crippen molar-refractivity contribution in [2.75, 3.05) is 0 Å². The second-order valence-electron chi connectivity index (χ2n) is 3.72. The zero-order valence-corrected chi connectivity index (χ0v) is 8.53. The summed E-state index contributed by atoms with van der Waals surface area (Å²) in [6.45, 7) is 0. The quantitative estimate of drug-likeness (QED) is 0.518. The van der Waals surface area contributed by atoms with Gasteiger partial charge in [0.2, 0.25) is 5.91 Å². The number of carbonyl (C=O) groups is 1. The summed E-state index contributed by atoms with van der Waals surface area (Å²) in [6.07, 6.45) is 5.77. The Morgan fingerprint density at radius 3 is 1.85 bits per heavy atom. The summed E-state index contributed by atoms with van der Waals surface area (Å²) in [4.78, 5) is 11.6. The van der Waals surface area contributed by atoms with E-state index in [4.69, 9.17) is 23.7 Å². The van der Waals surface area contributed by atoms with Gasteiger partial charge in [0.05, 0.1) is 10.4 Å². The van der Waals surface area contributed by atoms with E-state index < -0.39 is 5.41 Å². The highest BCUT2D eigenvalue weighted by molar-refractivity contribution is 7.80. The van der Waals surface area contributed by atoms with Crippen molar-refractivity contribution < 1.29 is 4.79 Å². The molecule has 1 fully saturated rings. The standard InChI is InChI=1S/C9H16N2OS/c10-7(12)9(8(11)13)5-3-1-2-4-6-9/h1-6H2,(H2,10,12)(H2,11,13). The summed E-state index contributed by atoms with van der Waals surface area (Å²) >= 11 is 4.94. The minimum Gasteiger partial charge on any atom is -0.392 e. The molecule has 0 heterocycles. The molecule has 74 valence electrons. The molecule has 1 saturated carbocycles. The Hall–Kier alpha value is -0.640. The van der Waals surface area contributed by atoms with Crippen molar-refractivity contribution in [2.24, 2.45) is 16.9 Å². The highest BCUT2D eigenvalue weighted by Gasteiger charge is 2.39. The molecule has 1 amide bonds. The smallest absolute Gasteiger partial charge is 0.230 e. The normalized spacial score (nSPS) is 21.8. The molecule has 0 atom stereocenters. The predicted octanol–water partition coefficient (Wildman–Crippen LogP) is 1.10. The third kappa shape index (κ3) is 1.99. The molecule has 1 aliphatic carbocycles. The average Bonchev–Trinajstić information content (AvgIpc) is 2.28. The van der Waals surface area contributed by atoms with Crippen molar-refractivity contribution in [3.63, 3.8) is 0 Å². The molecule has 0 aromatic heterocycles. The summed E-state index contributed by atoms with van der Waals surface area (Å²) in [5.74, 6) is -0.345. The third-order valence-corrected chi connectivity index (χ3v) is 3.29. The monoisotopic (exact) mass is 200 g/mol. The largest absolute Gasteiger partial charge is 0.392 e. The van der Waals surface area contributed by atoms with Crippen molar-refractivity contribution in [2.45, 2.75) is 38.5 Å². The first-order chi connectivity index (χ1) is 6.09. The molecule has 3 nitrogen and oxygen atoms in total. The van der Waals surface area contributed by atoms with Gasteiger partial charge in [0, 0.05) is 0 Å². The van der Waals surface area contributed by atoms with Crippen LogP contribution in [0, 0.1) is 5.41 Å². The van der Waals surface area contributed by atoms with Crippen LogP contribution in [0.15, 0.2) is 0 Å². The maximum atomic E-state index is 11.3. The molecule has 0 aromatic carbocycles. The Morgan fingerprint density at radius 2 is 1.54 bits per heavy atom. The fraction of sp³-hybridized carbons (Fsp3) is 0.778. The molecule has 0 unspecified atom stereocenters. The molecule has 1 aliphatic rings. The van der Waals surface area contributed by atoms with Crippen LogP contribution in [0.1, 0.15) is 38.5 Å². The van der Waals surface area contributed by atoms with E-state index >= 15 is 0 Å². The van der Waals surface area contributed by atoms with Crippen LogP contribution < -0.4 is 11.5 Å². The topological polar surface area (TPSA) is 69.1 Å². The lowest BCUT2D eigenvalue weighted by molar-refractivity contribution is -0.124. The summed E-state index contributed by atoms with van der Waals surface area (Å²) in [5.41, 5.74) is 10.3. The Labute approximate surface area is 83.9 Å². The molecule has 0 saturated heterocycles. The number of nitrogens with two attached hydrogens (primary N) is 2. The molecule has 0 bridgehead atoms. The van der Waals surface area contributed by atoms with Gasteiger partial charge >= 0.3 is 0 Å². The minimum atomic E-state index is -0.689. The van der Waals surface area contributed by atoms with Gasteiger partial charge in [0.15, 0.2) is 0 Å². The summed E-state index contributed by atoms with van der Waals surface area (Å²) in [6, 6.07) is 0. The maximum absolute atomic E-state index is 11.3. The van der Waals surface area contributed by atoms with Crippen LogP contribution in [-0.2, 0) is 4.79 Å². The number of hydrogen-bond donors (Lipinski definition) is 2. The van der Waals surface area contributed by atoms with E-state index in [9.17, 15) is 4.79 Å². The van der Waals surface area contributed by atoms with E-state index in [1.54, 1.807) is 0 Å². The van der Waals surface area contributed by atoms with Gasteiger partial charge in [0.25, 0.3) is 0 Å². The molecule has 13 heavy (non-hydrogen) atoms. The number of hydrogen-bond acceptors (Lipinski definition) is 2. The lowest BCUT2D eigenvalue weighted by Gasteiger charge is -2.27. The SMILES string of the molecule is NC(=O)C1(C(N)=S)CCCCCC1. The zero-order valence-electron chi connectivity index (χ0n) is 7.71. The van der Waals surface area contributed by atoms with Gasteiger partial charge in [-0.05, 0) is 12.8 Å². The minimum absolute atomic E-state index is 0.280. The number of amides is 1. The molecule has 0 radical (unpaired) electrons. The fourth-order valence-electron chi connectivity index (χ4n) is 1.95. The molecular weight excluding hydrogens is 184 g/mol. The molecule has 0 aliphatic heterocycles. The lowest BCUT2D eigenvalue weighted by atomic mass is 9.79. The highest BCUT2D eigenvalue weighted by atomic mass is 32.1. The van der Waals surface area contributed by atoms with E-state index in [0.717, 1.165) is 38.5 Å². The van der Waals surface area contributed by atoms with Gasteiger partial charge in [-0.15, -0.1) is 0 Å². The van der Waals surface area contributed by atoms with Crippen molar-refractivity contribution in [3.8, 4) is 0 Å². The second kappa shape index (κ2) is 4.05. The van der Waals surface area contributed by atoms with Crippen LogP contribution >= 0.6 is 12.2 Å². The first-order valence-electron chi connectivity index (χ1n) is 4.69. The first-order valence-corrected chi connectivity index (χ1v) is 5.10.